The number of aryl methyl sites for hydroxylation is 1. The quantitative estimate of drug-likeness (QED) is 0.842. The van der Waals surface area contributed by atoms with Crippen LogP contribution in [0.2, 0.25) is 0 Å². The maximum atomic E-state index is 10.8. The number of carboxylic acid groups (broad SMARTS) is 1. The van der Waals surface area contributed by atoms with Crippen molar-refractivity contribution in [3.63, 3.8) is 0 Å². The molecule has 0 atom stereocenters. The first kappa shape index (κ1) is 12.1. The maximum absolute atomic E-state index is 10.8. The van der Waals surface area contributed by atoms with Crippen LogP contribution < -0.4 is 0 Å². The number of carboxylic acids is 1. The number of furan rings is 1. The summed E-state index contributed by atoms with van der Waals surface area (Å²) >= 11 is 2.80. The van der Waals surface area contributed by atoms with Crippen molar-refractivity contribution in [3.8, 4) is 0 Å². The highest BCUT2D eigenvalue weighted by Crippen LogP contribution is 2.26. The van der Waals surface area contributed by atoms with Crippen LogP contribution in [-0.4, -0.2) is 20.4 Å². The largest absolute Gasteiger partial charge is 0.475 e. The molecule has 0 radical (unpaired) electrons. The van der Waals surface area contributed by atoms with E-state index in [1.54, 1.807) is 6.07 Å². The van der Waals surface area contributed by atoms with E-state index in [4.69, 9.17) is 9.52 Å². The molecule has 0 aliphatic heterocycles. The summed E-state index contributed by atoms with van der Waals surface area (Å²) in [6.45, 7) is 2.00. The van der Waals surface area contributed by atoms with Crippen molar-refractivity contribution in [1.29, 1.82) is 0 Å². The van der Waals surface area contributed by atoms with E-state index in [0.29, 0.717) is 11.3 Å². The number of carbonyl (C=O) groups is 1. The fraction of sp³-hybridized carbons (Fsp3) is 0.300. The highest BCUT2D eigenvalue weighted by Gasteiger charge is 2.14. The lowest BCUT2D eigenvalue weighted by Crippen LogP contribution is -1.97. The fourth-order valence-electron chi connectivity index (χ4n) is 1.22. The number of hydrogen-bond donors (Lipinski definition) is 1. The third kappa shape index (κ3) is 2.86. The molecule has 0 fully saturated rings. The Morgan fingerprint density at radius 3 is 3.12 bits per heavy atom. The van der Waals surface area contributed by atoms with Gasteiger partial charge < -0.3 is 9.52 Å². The van der Waals surface area contributed by atoms with E-state index in [0.717, 1.165) is 16.6 Å². The molecule has 0 aliphatic carbocycles. The molecule has 7 heteroatoms. The molecule has 0 bridgehead atoms. The lowest BCUT2D eigenvalue weighted by molar-refractivity contribution is 0.0661. The highest BCUT2D eigenvalue weighted by molar-refractivity contribution is 8.00. The first-order chi connectivity index (χ1) is 8.20. The van der Waals surface area contributed by atoms with Crippen molar-refractivity contribution in [2.75, 3.05) is 0 Å². The minimum Gasteiger partial charge on any atom is -0.475 e. The van der Waals surface area contributed by atoms with Crippen LogP contribution in [0.3, 0.4) is 0 Å². The van der Waals surface area contributed by atoms with Crippen molar-refractivity contribution in [2.45, 2.75) is 23.4 Å². The van der Waals surface area contributed by atoms with Crippen molar-refractivity contribution in [2.24, 2.45) is 0 Å². The molecule has 0 aliphatic rings. The molecular formula is C10H10N2O3S2. The summed E-state index contributed by atoms with van der Waals surface area (Å²) in [5.74, 6) is 0.300. The van der Waals surface area contributed by atoms with Crippen molar-refractivity contribution in [1.82, 2.24) is 9.36 Å². The van der Waals surface area contributed by atoms with E-state index in [-0.39, 0.29) is 5.76 Å². The van der Waals surface area contributed by atoms with Crippen LogP contribution in [0, 0.1) is 0 Å². The first-order valence-corrected chi connectivity index (χ1v) is 6.71. The molecule has 0 amide bonds. The third-order valence-corrected chi connectivity index (χ3v) is 3.98. The van der Waals surface area contributed by atoms with Crippen molar-refractivity contribution < 1.29 is 14.3 Å². The summed E-state index contributed by atoms with van der Waals surface area (Å²) in [5.41, 5.74) is 0.663. The van der Waals surface area contributed by atoms with Crippen LogP contribution in [0.5, 0.6) is 0 Å². The molecule has 5 nitrogen and oxygen atoms in total. The van der Waals surface area contributed by atoms with Gasteiger partial charge in [-0.05, 0) is 17.6 Å². The third-order valence-electron chi connectivity index (χ3n) is 2.06. The smallest absolute Gasteiger partial charge is 0.372 e. The summed E-state index contributed by atoms with van der Waals surface area (Å²) in [5, 5.41) is 8.87. The van der Waals surface area contributed by atoms with Gasteiger partial charge in [-0.1, -0.05) is 18.7 Å². The number of rotatable bonds is 5. The summed E-state index contributed by atoms with van der Waals surface area (Å²) in [6.07, 6.45) is 2.19. The summed E-state index contributed by atoms with van der Waals surface area (Å²) in [4.78, 5) is 15.1. The highest BCUT2D eigenvalue weighted by atomic mass is 32.2. The van der Waals surface area contributed by atoms with E-state index in [1.807, 2.05) is 6.92 Å². The Labute approximate surface area is 106 Å². The van der Waals surface area contributed by atoms with Gasteiger partial charge in [0.2, 0.25) is 5.76 Å². The number of nitrogens with zero attached hydrogens (tertiary/aromatic N) is 2. The van der Waals surface area contributed by atoms with Gasteiger partial charge in [0.1, 0.15) is 5.82 Å². The average molecular weight is 270 g/mol. The Bertz CT molecular complexity index is 521. The Kier molecular flexibility index (Phi) is 3.80. The van der Waals surface area contributed by atoms with E-state index in [9.17, 15) is 4.79 Å². The predicted molar refractivity (Wildman–Crippen MR) is 64.5 cm³/mol. The molecule has 2 aromatic heterocycles. The standard InChI is InChI=1S/C10H10N2O3S2/c1-2-7-11-10(17-12-7)16-5-6-3-4-15-8(6)9(13)14/h3-4H,2,5H2,1H3,(H,13,14). The zero-order chi connectivity index (χ0) is 12.3. The van der Waals surface area contributed by atoms with Gasteiger partial charge in [0, 0.05) is 17.7 Å². The van der Waals surface area contributed by atoms with Crippen LogP contribution in [-0.2, 0) is 12.2 Å². The molecular weight excluding hydrogens is 260 g/mol. The van der Waals surface area contributed by atoms with Gasteiger partial charge in [0.05, 0.1) is 6.26 Å². The first-order valence-electron chi connectivity index (χ1n) is 4.95. The van der Waals surface area contributed by atoms with E-state index in [2.05, 4.69) is 9.36 Å². The Balaban J connectivity index is 2.02. The van der Waals surface area contributed by atoms with Gasteiger partial charge in [-0.25, -0.2) is 9.78 Å². The number of hydrogen-bond acceptors (Lipinski definition) is 6. The monoisotopic (exact) mass is 270 g/mol. The Morgan fingerprint density at radius 1 is 1.65 bits per heavy atom. The van der Waals surface area contributed by atoms with E-state index in [1.165, 1.54) is 29.6 Å². The number of aromatic carboxylic acids is 1. The Hall–Kier alpha value is -1.34. The van der Waals surface area contributed by atoms with Gasteiger partial charge in [0.15, 0.2) is 4.34 Å². The minimum atomic E-state index is -1.04. The molecule has 0 unspecified atom stereocenters. The summed E-state index contributed by atoms with van der Waals surface area (Å²) < 4.78 is 9.90. The average Bonchev–Trinajstić information content (AvgIpc) is 2.95. The number of aromatic nitrogens is 2. The molecule has 2 aromatic rings. The second kappa shape index (κ2) is 5.33. The fourth-order valence-corrected chi connectivity index (χ4v) is 2.89. The predicted octanol–water partition coefficient (Wildman–Crippen LogP) is 2.68. The van der Waals surface area contributed by atoms with Gasteiger partial charge >= 0.3 is 5.97 Å². The number of thioether (sulfide) groups is 1. The van der Waals surface area contributed by atoms with E-state index < -0.39 is 5.97 Å². The molecule has 0 saturated carbocycles. The zero-order valence-electron chi connectivity index (χ0n) is 9.04. The van der Waals surface area contributed by atoms with Gasteiger partial charge in [0.25, 0.3) is 0 Å². The maximum Gasteiger partial charge on any atom is 0.372 e. The Morgan fingerprint density at radius 2 is 2.47 bits per heavy atom. The summed E-state index contributed by atoms with van der Waals surface area (Å²) in [6, 6.07) is 1.66. The zero-order valence-corrected chi connectivity index (χ0v) is 10.7. The topological polar surface area (TPSA) is 76.2 Å². The molecule has 0 aromatic carbocycles. The lowest BCUT2D eigenvalue weighted by atomic mass is 10.3. The molecule has 0 spiro atoms. The van der Waals surface area contributed by atoms with Crippen LogP contribution in [0.4, 0.5) is 0 Å². The second-order valence-corrected chi connectivity index (χ2v) is 5.17. The van der Waals surface area contributed by atoms with Crippen molar-refractivity contribution in [3.05, 3.63) is 29.5 Å². The molecule has 17 heavy (non-hydrogen) atoms. The van der Waals surface area contributed by atoms with Crippen LogP contribution in [0.1, 0.15) is 28.9 Å². The minimum absolute atomic E-state index is 0.00210. The lowest BCUT2D eigenvalue weighted by Gasteiger charge is -1.95. The molecule has 90 valence electrons. The van der Waals surface area contributed by atoms with Gasteiger partial charge in [-0.15, -0.1) is 0 Å². The second-order valence-electron chi connectivity index (χ2n) is 3.20. The van der Waals surface area contributed by atoms with Gasteiger partial charge in [-0.3, -0.25) is 0 Å². The van der Waals surface area contributed by atoms with Crippen molar-refractivity contribution >= 4 is 29.3 Å². The normalized spacial score (nSPS) is 10.6. The van der Waals surface area contributed by atoms with Gasteiger partial charge in [-0.2, -0.15) is 4.37 Å². The van der Waals surface area contributed by atoms with Crippen LogP contribution >= 0.6 is 23.3 Å². The van der Waals surface area contributed by atoms with Crippen LogP contribution in [0.25, 0.3) is 0 Å². The molecule has 2 heterocycles. The molecule has 2 rings (SSSR count). The molecule has 0 saturated heterocycles. The van der Waals surface area contributed by atoms with Crippen LogP contribution in [0.15, 0.2) is 21.1 Å². The molecule has 1 N–H and O–H groups in total. The van der Waals surface area contributed by atoms with E-state index >= 15 is 0 Å². The SMILES string of the molecule is CCc1nsc(SCc2ccoc2C(=O)O)n1. The summed E-state index contributed by atoms with van der Waals surface area (Å²) in [7, 11) is 0.